The Morgan fingerprint density at radius 1 is 1.08 bits per heavy atom. The molecular formula is C11H15F. The van der Waals surface area contributed by atoms with Gasteiger partial charge >= 0.3 is 0 Å². The van der Waals surface area contributed by atoms with Crippen LogP contribution in [0.4, 0.5) is 4.39 Å². The van der Waals surface area contributed by atoms with Crippen molar-refractivity contribution in [3.05, 3.63) is 34.6 Å². The number of hydrogen-bond donors (Lipinski definition) is 0. The molecule has 1 aromatic carbocycles. The van der Waals surface area contributed by atoms with Crippen molar-refractivity contribution in [1.29, 1.82) is 0 Å². The van der Waals surface area contributed by atoms with Crippen molar-refractivity contribution < 1.29 is 4.39 Å². The van der Waals surface area contributed by atoms with E-state index in [0.717, 1.165) is 24.0 Å². The summed E-state index contributed by atoms with van der Waals surface area (Å²) in [6.45, 7) is 6.06. The number of rotatable bonds is 2. The highest BCUT2D eigenvalue weighted by Crippen LogP contribution is 2.16. The summed E-state index contributed by atoms with van der Waals surface area (Å²) < 4.78 is 13.2. The van der Waals surface area contributed by atoms with Crippen LogP contribution in [0.3, 0.4) is 0 Å². The molecule has 0 saturated heterocycles. The summed E-state index contributed by atoms with van der Waals surface area (Å²) in [7, 11) is 0. The second-order valence-corrected chi connectivity index (χ2v) is 3.08. The molecule has 0 atom stereocenters. The molecule has 0 saturated carbocycles. The Morgan fingerprint density at radius 2 is 1.67 bits per heavy atom. The van der Waals surface area contributed by atoms with Crippen molar-refractivity contribution in [1.82, 2.24) is 0 Å². The maximum Gasteiger partial charge on any atom is 0.126 e. The first-order chi connectivity index (χ1) is 5.69. The summed E-state index contributed by atoms with van der Waals surface area (Å²) >= 11 is 0. The molecule has 1 rings (SSSR count). The molecule has 0 spiro atoms. The molecule has 66 valence electrons. The van der Waals surface area contributed by atoms with Crippen LogP contribution in [0.1, 0.15) is 30.5 Å². The monoisotopic (exact) mass is 166 g/mol. The Labute approximate surface area is 73.4 Å². The van der Waals surface area contributed by atoms with Gasteiger partial charge in [-0.05, 0) is 42.5 Å². The summed E-state index contributed by atoms with van der Waals surface area (Å²) in [6.07, 6.45) is 1.68. The lowest BCUT2D eigenvalue weighted by Gasteiger charge is -2.06. The van der Waals surface area contributed by atoms with Crippen LogP contribution >= 0.6 is 0 Å². The van der Waals surface area contributed by atoms with Crippen molar-refractivity contribution in [2.24, 2.45) is 0 Å². The van der Waals surface area contributed by atoms with Crippen LogP contribution in [0.15, 0.2) is 12.1 Å². The van der Waals surface area contributed by atoms with E-state index in [-0.39, 0.29) is 5.82 Å². The zero-order chi connectivity index (χ0) is 9.14. The topological polar surface area (TPSA) is 0 Å². The van der Waals surface area contributed by atoms with Crippen molar-refractivity contribution in [3.8, 4) is 0 Å². The number of aryl methyl sites for hydroxylation is 3. The van der Waals surface area contributed by atoms with Gasteiger partial charge in [-0.3, -0.25) is 0 Å². The number of halogens is 1. The lowest BCUT2D eigenvalue weighted by Crippen LogP contribution is -1.94. The Bertz CT molecular complexity index is 247. The molecule has 1 aromatic rings. The molecular weight excluding hydrogens is 151 g/mol. The average molecular weight is 166 g/mol. The lowest BCUT2D eigenvalue weighted by atomic mass is 10.0. The van der Waals surface area contributed by atoms with Gasteiger partial charge in [-0.25, -0.2) is 4.39 Å². The fourth-order valence-electron chi connectivity index (χ4n) is 1.43. The van der Waals surface area contributed by atoms with Crippen LogP contribution in [0.2, 0.25) is 0 Å². The van der Waals surface area contributed by atoms with Gasteiger partial charge in [0, 0.05) is 0 Å². The molecule has 0 radical (unpaired) electrons. The first-order valence-electron chi connectivity index (χ1n) is 4.47. The fourth-order valence-corrected chi connectivity index (χ4v) is 1.43. The first-order valence-corrected chi connectivity index (χ1v) is 4.47. The second-order valence-electron chi connectivity index (χ2n) is 3.08. The van der Waals surface area contributed by atoms with Crippen molar-refractivity contribution in [2.75, 3.05) is 0 Å². The molecule has 0 aliphatic carbocycles. The number of benzene rings is 1. The zero-order valence-electron chi connectivity index (χ0n) is 7.95. The number of hydrogen-bond acceptors (Lipinski definition) is 0. The van der Waals surface area contributed by atoms with Crippen LogP contribution in [0, 0.1) is 12.7 Å². The zero-order valence-corrected chi connectivity index (χ0v) is 7.95. The van der Waals surface area contributed by atoms with Crippen molar-refractivity contribution >= 4 is 0 Å². The maximum atomic E-state index is 13.2. The van der Waals surface area contributed by atoms with Gasteiger partial charge in [0.25, 0.3) is 0 Å². The van der Waals surface area contributed by atoms with E-state index in [4.69, 9.17) is 0 Å². The molecule has 0 aliphatic heterocycles. The van der Waals surface area contributed by atoms with Crippen LogP contribution in [-0.2, 0) is 12.8 Å². The second kappa shape index (κ2) is 3.70. The molecule has 0 aliphatic rings. The molecule has 0 unspecified atom stereocenters. The van der Waals surface area contributed by atoms with Crippen LogP contribution < -0.4 is 0 Å². The van der Waals surface area contributed by atoms with Gasteiger partial charge in [0.2, 0.25) is 0 Å². The van der Waals surface area contributed by atoms with Gasteiger partial charge in [0.15, 0.2) is 0 Å². The molecule has 0 heterocycles. The van der Waals surface area contributed by atoms with Gasteiger partial charge in [-0.2, -0.15) is 0 Å². The van der Waals surface area contributed by atoms with Gasteiger partial charge in [0.05, 0.1) is 0 Å². The molecule has 1 heteroatoms. The highest BCUT2D eigenvalue weighted by Gasteiger charge is 2.03. The third kappa shape index (κ3) is 1.66. The van der Waals surface area contributed by atoms with E-state index in [1.54, 1.807) is 6.07 Å². The van der Waals surface area contributed by atoms with E-state index in [1.807, 2.05) is 26.8 Å². The van der Waals surface area contributed by atoms with E-state index < -0.39 is 0 Å². The normalized spacial score (nSPS) is 10.3. The maximum absolute atomic E-state index is 13.2. The predicted molar refractivity (Wildman–Crippen MR) is 49.9 cm³/mol. The Hall–Kier alpha value is -0.850. The third-order valence-corrected chi connectivity index (χ3v) is 2.27. The summed E-state index contributed by atoms with van der Waals surface area (Å²) in [5.41, 5.74) is 3.14. The Kier molecular flexibility index (Phi) is 2.85. The van der Waals surface area contributed by atoms with Gasteiger partial charge < -0.3 is 0 Å². The summed E-state index contributed by atoms with van der Waals surface area (Å²) in [5, 5.41) is 0. The first kappa shape index (κ1) is 9.24. The van der Waals surface area contributed by atoms with Crippen molar-refractivity contribution in [2.45, 2.75) is 33.6 Å². The van der Waals surface area contributed by atoms with E-state index in [2.05, 4.69) is 0 Å². The minimum Gasteiger partial charge on any atom is -0.207 e. The molecule has 0 nitrogen and oxygen atoms in total. The molecule has 0 bridgehead atoms. The van der Waals surface area contributed by atoms with Gasteiger partial charge in [-0.1, -0.05) is 19.9 Å². The molecule has 0 fully saturated rings. The van der Waals surface area contributed by atoms with Crippen LogP contribution in [0.25, 0.3) is 0 Å². The largest absolute Gasteiger partial charge is 0.207 e. The summed E-state index contributed by atoms with van der Waals surface area (Å²) in [4.78, 5) is 0. The molecule has 0 N–H and O–H groups in total. The standard InChI is InChI=1S/C11H15F/c1-4-9-7-11(12)10(5-2)6-8(9)3/h6-7H,4-5H2,1-3H3. The molecule has 12 heavy (non-hydrogen) atoms. The summed E-state index contributed by atoms with van der Waals surface area (Å²) in [5.74, 6) is -0.0556. The minimum absolute atomic E-state index is 0.0556. The lowest BCUT2D eigenvalue weighted by molar-refractivity contribution is 0.609. The van der Waals surface area contributed by atoms with E-state index in [0.29, 0.717) is 0 Å². The van der Waals surface area contributed by atoms with Crippen LogP contribution in [0.5, 0.6) is 0 Å². The fraction of sp³-hybridized carbons (Fsp3) is 0.455. The molecule has 0 aromatic heterocycles. The van der Waals surface area contributed by atoms with E-state index in [9.17, 15) is 4.39 Å². The smallest absolute Gasteiger partial charge is 0.126 e. The highest BCUT2D eigenvalue weighted by molar-refractivity contribution is 5.32. The molecule has 0 amide bonds. The Morgan fingerprint density at radius 3 is 2.17 bits per heavy atom. The van der Waals surface area contributed by atoms with Gasteiger partial charge in [-0.15, -0.1) is 0 Å². The quantitative estimate of drug-likeness (QED) is 0.632. The average Bonchev–Trinajstić information content (AvgIpc) is 2.08. The Balaban J connectivity index is 3.16. The van der Waals surface area contributed by atoms with E-state index in [1.165, 1.54) is 5.56 Å². The predicted octanol–water partition coefficient (Wildman–Crippen LogP) is 3.26. The minimum atomic E-state index is -0.0556. The van der Waals surface area contributed by atoms with Crippen molar-refractivity contribution in [3.63, 3.8) is 0 Å². The SMILES string of the molecule is CCc1cc(F)c(CC)cc1C. The third-order valence-electron chi connectivity index (χ3n) is 2.27. The van der Waals surface area contributed by atoms with E-state index >= 15 is 0 Å². The van der Waals surface area contributed by atoms with Crippen LogP contribution in [-0.4, -0.2) is 0 Å². The summed E-state index contributed by atoms with van der Waals surface area (Å²) in [6, 6.07) is 3.61. The highest BCUT2D eigenvalue weighted by atomic mass is 19.1. The van der Waals surface area contributed by atoms with Gasteiger partial charge in [0.1, 0.15) is 5.82 Å².